The molecule has 0 unspecified atom stereocenters. The zero-order valence-corrected chi connectivity index (χ0v) is 14.0. The molecule has 120 valence electrons. The van der Waals surface area contributed by atoms with Crippen molar-refractivity contribution in [2.75, 3.05) is 24.3 Å². The van der Waals surface area contributed by atoms with Gasteiger partial charge in [-0.05, 0) is 26.1 Å². The Morgan fingerprint density at radius 1 is 1.27 bits per heavy atom. The number of hydrogen-bond acceptors (Lipinski definition) is 6. The number of para-hydroxylation sites is 1. The minimum atomic E-state index is -3.01. The van der Waals surface area contributed by atoms with Crippen LogP contribution in [0.25, 0.3) is 10.9 Å². The highest BCUT2D eigenvalue weighted by molar-refractivity contribution is 7.91. The third kappa shape index (κ3) is 3.92. The Kier molecular flexibility index (Phi) is 4.97. The molecule has 1 aromatic carbocycles. The minimum absolute atomic E-state index is 0.110. The Bertz CT molecular complexity index is 761. The molecule has 7 heteroatoms. The molecule has 0 aliphatic carbocycles. The van der Waals surface area contributed by atoms with Gasteiger partial charge in [-0.1, -0.05) is 19.1 Å². The van der Waals surface area contributed by atoms with E-state index in [2.05, 4.69) is 9.97 Å². The molecular formula is C15H22N4O2S. The van der Waals surface area contributed by atoms with Crippen molar-refractivity contribution in [2.45, 2.75) is 26.4 Å². The molecule has 22 heavy (non-hydrogen) atoms. The van der Waals surface area contributed by atoms with E-state index in [4.69, 9.17) is 5.73 Å². The highest BCUT2D eigenvalue weighted by Gasteiger charge is 2.18. The van der Waals surface area contributed by atoms with E-state index in [-0.39, 0.29) is 17.5 Å². The number of anilines is 1. The molecule has 2 N–H and O–H groups in total. The van der Waals surface area contributed by atoms with Gasteiger partial charge in [-0.3, -0.25) is 4.90 Å². The highest BCUT2D eigenvalue weighted by atomic mass is 32.2. The Balaban J connectivity index is 2.16. The predicted octanol–water partition coefficient (Wildman–Crippen LogP) is 1.47. The number of aromatic nitrogens is 2. The molecule has 6 nitrogen and oxygen atoms in total. The maximum atomic E-state index is 11.7. The molecule has 0 aliphatic heterocycles. The molecular weight excluding hydrogens is 300 g/mol. The van der Waals surface area contributed by atoms with Gasteiger partial charge in [0.15, 0.2) is 9.84 Å². The van der Waals surface area contributed by atoms with Gasteiger partial charge in [-0.15, -0.1) is 0 Å². The summed E-state index contributed by atoms with van der Waals surface area (Å²) in [5.41, 5.74) is 6.76. The van der Waals surface area contributed by atoms with E-state index in [1.54, 1.807) is 6.92 Å². The molecule has 1 atom stereocenters. The Hall–Kier alpha value is -1.73. The first-order chi connectivity index (χ1) is 10.3. The van der Waals surface area contributed by atoms with E-state index >= 15 is 0 Å². The first-order valence-electron chi connectivity index (χ1n) is 7.24. The van der Waals surface area contributed by atoms with Crippen molar-refractivity contribution in [3.8, 4) is 0 Å². The molecule has 1 aromatic heterocycles. The Morgan fingerprint density at radius 2 is 1.95 bits per heavy atom. The van der Waals surface area contributed by atoms with Gasteiger partial charge in [0.05, 0.1) is 17.8 Å². The lowest BCUT2D eigenvalue weighted by molar-refractivity contribution is 0.261. The number of nitrogen functional groups attached to an aromatic ring is 1. The number of fused-ring (bicyclic) bond motifs is 1. The van der Waals surface area contributed by atoms with Crippen molar-refractivity contribution in [1.82, 2.24) is 14.9 Å². The molecule has 0 saturated carbocycles. The maximum Gasteiger partial charge on any atom is 0.151 e. The summed E-state index contributed by atoms with van der Waals surface area (Å²) in [4.78, 5) is 10.7. The van der Waals surface area contributed by atoms with Gasteiger partial charge in [0, 0.05) is 17.2 Å². The fraction of sp³-hybridized carbons (Fsp3) is 0.467. The van der Waals surface area contributed by atoms with Crippen LogP contribution < -0.4 is 5.73 Å². The van der Waals surface area contributed by atoms with Crippen LogP contribution in [0, 0.1) is 0 Å². The molecule has 0 amide bonds. The van der Waals surface area contributed by atoms with Crippen LogP contribution in [0.15, 0.2) is 24.3 Å². The van der Waals surface area contributed by atoms with Crippen LogP contribution >= 0.6 is 0 Å². The SMILES string of the molecule is CCS(=O)(=O)C[C@H](C)N(C)Cc1nc(N)c2ccccc2n1. The monoisotopic (exact) mass is 322 g/mol. The van der Waals surface area contributed by atoms with Crippen LogP contribution in [0.4, 0.5) is 5.82 Å². The van der Waals surface area contributed by atoms with Crippen LogP contribution in [0.5, 0.6) is 0 Å². The summed E-state index contributed by atoms with van der Waals surface area (Å²) >= 11 is 0. The lowest BCUT2D eigenvalue weighted by Crippen LogP contribution is -2.35. The molecule has 0 saturated heterocycles. The number of nitrogens with two attached hydrogens (primary N) is 1. The number of nitrogens with zero attached hydrogens (tertiary/aromatic N) is 3. The Morgan fingerprint density at radius 3 is 2.64 bits per heavy atom. The Labute approximate surface area is 131 Å². The fourth-order valence-electron chi connectivity index (χ4n) is 2.21. The minimum Gasteiger partial charge on any atom is -0.383 e. The summed E-state index contributed by atoms with van der Waals surface area (Å²) in [5, 5.41) is 0.829. The number of benzene rings is 1. The zero-order chi connectivity index (χ0) is 16.3. The fourth-order valence-corrected chi connectivity index (χ4v) is 3.44. The largest absolute Gasteiger partial charge is 0.383 e. The van der Waals surface area contributed by atoms with Gasteiger partial charge >= 0.3 is 0 Å². The molecule has 0 bridgehead atoms. The summed E-state index contributed by atoms with van der Waals surface area (Å²) in [6.45, 7) is 4.00. The standard InChI is InChI=1S/C15H22N4O2S/c1-4-22(20,21)10-11(2)19(3)9-14-17-13-8-6-5-7-12(13)15(16)18-14/h5-8,11H,4,9-10H2,1-3H3,(H2,16,17,18)/t11-/m0/s1. The van der Waals surface area contributed by atoms with Crippen molar-refractivity contribution in [1.29, 1.82) is 0 Å². The van der Waals surface area contributed by atoms with Crippen LogP contribution in [-0.4, -0.2) is 47.9 Å². The van der Waals surface area contributed by atoms with Crippen LogP contribution in [-0.2, 0) is 16.4 Å². The molecule has 0 aliphatic rings. The molecule has 0 spiro atoms. The second-order valence-electron chi connectivity index (χ2n) is 5.51. The summed E-state index contributed by atoms with van der Waals surface area (Å²) in [7, 11) is -1.14. The van der Waals surface area contributed by atoms with E-state index in [0.717, 1.165) is 10.9 Å². The first-order valence-corrected chi connectivity index (χ1v) is 9.06. The zero-order valence-electron chi connectivity index (χ0n) is 13.2. The van der Waals surface area contributed by atoms with E-state index in [1.165, 1.54) is 0 Å². The lowest BCUT2D eigenvalue weighted by atomic mass is 10.2. The topological polar surface area (TPSA) is 89.2 Å². The summed E-state index contributed by atoms with van der Waals surface area (Å²) in [6, 6.07) is 7.46. The van der Waals surface area contributed by atoms with Gasteiger partial charge in [-0.25, -0.2) is 18.4 Å². The van der Waals surface area contributed by atoms with Crippen LogP contribution in [0.3, 0.4) is 0 Å². The average Bonchev–Trinajstić information content (AvgIpc) is 2.47. The van der Waals surface area contributed by atoms with Crippen molar-refractivity contribution >= 4 is 26.6 Å². The summed E-state index contributed by atoms with van der Waals surface area (Å²) < 4.78 is 23.4. The normalized spacial score (nSPS) is 13.6. The predicted molar refractivity (Wildman–Crippen MR) is 89.2 cm³/mol. The molecule has 1 heterocycles. The van der Waals surface area contributed by atoms with Crippen molar-refractivity contribution in [3.05, 3.63) is 30.1 Å². The third-order valence-electron chi connectivity index (χ3n) is 3.76. The number of sulfone groups is 1. The van der Waals surface area contributed by atoms with Crippen molar-refractivity contribution in [3.63, 3.8) is 0 Å². The lowest BCUT2D eigenvalue weighted by Gasteiger charge is -2.23. The third-order valence-corrected chi connectivity index (χ3v) is 5.63. The molecule has 0 radical (unpaired) electrons. The van der Waals surface area contributed by atoms with E-state index < -0.39 is 9.84 Å². The molecule has 2 aromatic rings. The molecule has 0 fully saturated rings. The number of rotatable bonds is 6. The van der Waals surface area contributed by atoms with Gasteiger partial charge in [-0.2, -0.15) is 0 Å². The van der Waals surface area contributed by atoms with E-state index in [1.807, 2.05) is 43.1 Å². The maximum absolute atomic E-state index is 11.7. The van der Waals surface area contributed by atoms with Gasteiger partial charge in [0.2, 0.25) is 0 Å². The average molecular weight is 322 g/mol. The van der Waals surface area contributed by atoms with Gasteiger partial charge in [0.25, 0.3) is 0 Å². The van der Waals surface area contributed by atoms with E-state index in [9.17, 15) is 8.42 Å². The summed E-state index contributed by atoms with van der Waals surface area (Å²) in [6.07, 6.45) is 0. The quantitative estimate of drug-likeness (QED) is 0.866. The van der Waals surface area contributed by atoms with Gasteiger partial charge in [0.1, 0.15) is 11.6 Å². The van der Waals surface area contributed by atoms with Gasteiger partial charge < -0.3 is 5.73 Å². The highest BCUT2D eigenvalue weighted by Crippen LogP contribution is 2.18. The second-order valence-corrected chi connectivity index (χ2v) is 7.90. The summed E-state index contributed by atoms with van der Waals surface area (Å²) in [5.74, 6) is 1.33. The van der Waals surface area contributed by atoms with E-state index in [0.29, 0.717) is 18.2 Å². The smallest absolute Gasteiger partial charge is 0.151 e. The second kappa shape index (κ2) is 6.58. The van der Waals surface area contributed by atoms with Crippen LogP contribution in [0.1, 0.15) is 19.7 Å². The van der Waals surface area contributed by atoms with Crippen LogP contribution in [0.2, 0.25) is 0 Å². The van der Waals surface area contributed by atoms with Crippen molar-refractivity contribution < 1.29 is 8.42 Å². The molecule has 2 rings (SSSR count). The number of hydrogen-bond donors (Lipinski definition) is 1. The van der Waals surface area contributed by atoms with Crippen molar-refractivity contribution in [2.24, 2.45) is 0 Å². The first kappa shape index (κ1) is 16.6.